The molecular formula is C14H23N3. The predicted molar refractivity (Wildman–Crippen MR) is 70.7 cm³/mol. The second-order valence-corrected chi connectivity index (χ2v) is 5.13. The third-order valence-corrected chi connectivity index (χ3v) is 3.91. The Morgan fingerprint density at radius 1 is 1.47 bits per heavy atom. The van der Waals surface area contributed by atoms with Crippen LogP contribution in [0.15, 0.2) is 24.4 Å². The van der Waals surface area contributed by atoms with E-state index in [0.717, 1.165) is 32.0 Å². The van der Waals surface area contributed by atoms with E-state index < -0.39 is 0 Å². The molecular weight excluding hydrogens is 210 g/mol. The van der Waals surface area contributed by atoms with Crippen molar-refractivity contribution >= 4 is 0 Å². The minimum Gasteiger partial charge on any atom is -0.330 e. The summed E-state index contributed by atoms with van der Waals surface area (Å²) in [5.41, 5.74) is 7.01. The molecule has 0 amide bonds. The lowest BCUT2D eigenvalue weighted by Crippen LogP contribution is -2.43. The summed E-state index contributed by atoms with van der Waals surface area (Å²) >= 11 is 0. The molecule has 17 heavy (non-hydrogen) atoms. The van der Waals surface area contributed by atoms with Crippen molar-refractivity contribution in [3.63, 3.8) is 0 Å². The Bertz CT molecular complexity index is 325. The molecule has 1 saturated heterocycles. The van der Waals surface area contributed by atoms with Crippen molar-refractivity contribution in [2.75, 3.05) is 26.2 Å². The average molecular weight is 233 g/mol. The largest absolute Gasteiger partial charge is 0.330 e. The molecule has 1 aliphatic heterocycles. The van der Waals surface area contributed by atoms with E-state index >= 15 is 0 Å². The van der Waals surface area contributed by atoms with Crippen LogP contribution in [0.4, 0.5) is 0 Å². The van der Waals surface area contributed by atoms with Crippen molar-refractivity contribution < 1.29 is 0 Å². The zero-order valence-corrected chi connectivity index (χ0v) is 10.7. The first-order valence-corrected chi connectivity index (χ1v) is 6.62. The Morgan fingerprint density at radius 3 is 3.06 bits per heavy atom. The number of pyridine rings is 1. The molecule has 1 aliphatic rings. The number of hydrogen-bond acceptors (Lipinski definition) is 3. The molecule has 0 spiro atoms. The monoisotopic (exact) mass is 233 g/mol. The molecule has 0 saturated carbocycles. The van der Waals surface area contributed by atoms with Gasteiger partial charge < -0.3 is 10.6 Å². The van der Waals surface area contributed by atoms with E-state index in [0.29, 0.717) is 5.92 Å². The standard InChI is InChI=1S/C14H23N3/c1-12-5-8-17(11-13(12)10-15)9-6-14-4-2-3-7-16-14/h2-4,7,12-13H,5-6,8-11,15H2,1H3. The van der Waals surface area contributed by atoms with E-state index in [4.69, 9.17) is 5.73 Å². The van der Waals surface area contributed by atoms with Gasteiger partial charge in [-0.3, -0.25) is 4.98 Å². The maximum absolute atomic E-state index is 5.82. The molecule has 0 aliphatic carbocycles. The number of piperidine rings is 1. The van der Waals surface area contributed by atoms with E-state index in [1.54, 1.807) is 0 Å². The molecule has 3 nitrogen and oxygen atoms in total. The van der Waals surface area contributed by atoms with E-state index in [1.165, 1.54) is 18.7 Å². The van der Waals surface area contributed by atoms with Crippen molar-refractivity contribution in [2.45, 2.75) is 19.8 Å². The van der Waals surface area contributed by atoms with E-state index in [1.807, 2.05) is 12.3 Å². The maximum Gasteiger partial charge on any atom is 0.0416 e. The van der Waals surface area contributed by atoms with E-state index in [9.17, 15) is 0 Å². The average Bonchev–Trinajstić information content (AvgIpc) is 2.39. The highest BCUT2D eigenvalue weighted by Gasteiger charge is 2.24. The quantitative estimate of drug-likeness (QED) is 0.858. The van der Waals surface area contributed by atoms with Crippen LogP contribution in [-0.2, 0) is 6.42 Å². The van der Waals surface area contributed by atoms with Gasteiger partial charge >= 0.3 is 0 Å². The molecule has 2 rings (SSSR count). The van der Waals surface area contributed by atoms with Gasteiger partial charge in [0.05, 0.1) is 0 Å². The smallest absolute Gasteiger partial charge is 0.0416 e. The summed E-state index contributed by atoms with van der Waals surface area (Å²) in [6.45, 7) is 6.63. The van der Waals surface area contributed by atoms with Gasteiger partial charge in [-0.15, -0.1) is 0 Å². The molecule has 1 aromatic heterocycles. The second kappa shape index (κ2) is 6.12. The SMILES string of the molecule is CC1CCN(CCc2ccccn2)CC1CN. The summed E-state index contributed by atoms with van der Waals surface area (Å²) in [5, 5.41) is 0. The van der Waals surface area contributed by atoms with Crippen LogP contribution in [0, 0.1) is 11.8 Å². The van der Waals surface area contributed by atoms with Crippen LogP contribution in [0.25, 0.3) is 0 Å². The van der Waals surface area contributed by atoms with Crippen LogP contribution >= 0.6 is 0 Å². The Morgan fingerprint density at radius 2 is 2.35 bits per heavy atom. The highest BCUT2D eigenvalue weighted by atomic mass is 15.1. The summed E-state index contributed by atoms with van der Waals surface area (Å²) in [4.78, 5) is 6.90. The molecule has 1 aromatic rings. The second-order valence-electron chi connectivity index (χ2n) is 5.13. The van der Waals surface area contributed by atoms with Crippen molar-refractivity contribution in [1.82, 2.24) is 9.88 Å². The van der Waals surface area contributed by atoms with Crippen LogP contribution in [0.2, 0.25) is 0 Å². The van der Waals surface area contributed by atoms with E-state index in [-0.39, 0.29) is 0 Å². The highest BCUT2D eigenvalue weighted by Crippen LogP contribution is 2.22. The van der Waals surface area contributed by atoms with Crippen LogP contribution in [0.5, 0.6) is 0 Å². The molecule has 1 fully saturated rings. The number of aromatic nitrogens is 1. The molecule has 94 valence electrons. The van der Waals surface area contributed by atoms with Gasteiger partial charge in [-0.2, -0.15) is 0 Å². The van der Waals surface area contributed by atoms with Gasteiger partial charge in [0, 0.05) is 31.4 Å². The zero-order valence-electron chi connectivity index (χ0n) is 10.7. The number of rotatable bonds is 4. The molecule has 3 heteroatoms. The van der Waals surface area contributed by atoms with Crippen molar-refractivity contribution in [3.8, 4) is 0 Å². The lowest BCUT2D eigenvalue weighted by Gasteiger charge is -2.36. The van der Waals surface area contributed by atoms with Crippen LogP contribution in [0.3, 0.4) is 0 Å². The Kier molecular flexibility index (Phi) is 4.51. The third-order valence-electron chi connectivity index (χ3n) is 3.91. The summed E-state index contributed by atoms with van der Waals surface area (Å²) < 4.78 is 0. The number of nitrogens with two attached hydrogens (primary N) is 1. The van der Waals surface area contributed by atoms with Crippen LogP contribution in [0.1, 0.15) is 19.0 Å². The first-order chi connectivity index (χ1) is 8.29. The molecule has 0 bridgehead atoms. The Hall–Kier alpha value is -0.930. The first kappa shape index (κ1) is 12.5. The zero-order chi connectivity index (χ0) is 12.1. The predicted octanol–water partition coefficient (Wildman–Crippen LogP) is 1.54. The Balaban J connectivity index is 1.80. The normalized spacial score (nSPS) is 26.0. The van der Waals surface area contributed by atoms with Gasteiger partial charge in [0.15, 0.2) is 0 Å². The maximum atomic E-state index is 5.82. The molecule has 2 atom stereocenters. The number of nitrogens with zero attached hydrogens (tertiary/aromatic N) is 2. The topological polar surface area (TPSA) is 42.2 Å². The Labute approximate surface area is 104 Å². The molecule has 0 aromatic carbocycles. The molecule has 0 radical (unpaired) electrons. The van der Waals surface area contributed by atoms with Crippen molar-refractivity contribution in [1.29, 1.82) is 0 Å². The van der Waals surface area contributed by atoms with Gasteiger partial charge in [-0.1, -0.05) is 13.0 Å². The van der Waals surface area contributed by atoms with Gasteiger partial charge in [0.25, 0.3) is 0 Å². The third kappa shape index (κ3) is 3.51. The van der Waals surface area contributed by atoms with Gasteiger partial charge in [0.1, 0.15) is 0 Å². The van der Waals surface area contributed by atoms with Crippen LogP contribution < -0.4 is 5.73 Å². The highest BCUT2D eigenvalue weighted by molar-refractivity contribution is 5.03. The van der Waals surface area contributed by atoms with Crippen LogP contribution in [-0.4, -0.2) is 36.1 Å². The summed E-state index contributed by atoms with van der Waals surface area (Å²) in [7, 11) is 0. The number of hydrogen-bond donors (Lipinski definition) is 1. The molecule has 2 heterocycles. The molecule has 2 N–H and O–H groups in total. The molecule has 2 unspecified atom stereocenters. The minimum absolute atomic E-state index is 0.674. The summed E-state index contributed by atoms with van der Waals surface area (Å²) in [6, 6.07) is 6.13. The van der Waals surface area contributed by atoms with Gasteiger partial charge in [0.2, 0.25) is 0 Å². The minimum atomic E-state index is 0.674. The lowest BCUT2D eigenvalue weighted by atomic mass is 9.87. The fourth-order valence-corrected chi connectivity index (χ4v) is 2.55. The lowest BCUT2D eigenvalue weighted by molar-refractivity contribution is 0.133. The van der Waals surface area contributed by atoms with Gasteiger partial charge in [-0.05, 0) is 43.5 Å². The summed E-state index contributed by atoms with van der Waals surface area (Å²) in [6.07, 6.45) is 4.20. The fraction of sp³-hybridized carbons (Fsp3) is 0.643. The van der Waals surface area contributed by atoms with Crippen molar-refractivity contribution in [3.05, 3.63) is 30.1 Å². The fourth-order valence-electron chi connectivity index (χ4n) is 2.55. The van der Waals surface area contributed by atoms with Gasteiger partial charge in [-0.25, -0.2) is 0 Å². The first-order valence-electron chi connectivity index (χ1n) is 6.62. The summed E-state index contributed by atoms with van der Waals surface area (Å²) in [5.74, 6) is 1.46. The number of likely N-dealkylation sites (tertiary alicyclic amines) is 1. The van der Waals surface area contributed by atoms with Crippen molar-refractivity contribution in [2.24, 2.45) is 17.6 Å². The van der Waals surface area contributed by atoms with E-state index in [2.05, 4.69) is 28.9 Å².